The first-order valence-corrected chi connectivity index (χ1v) is 9.02. The quantitative estimate of drug-likeness (QED) is 0.579. The van der Waals surface area contributed by atoms with Crippen LogP contribution in [0.2, 0.25) is 0 Å². The van der Waals surface area contributed by atoms with Crippen LogP contribution < -0.4 is 10.6 Å². The van der Waals surface area contributed by atoms with Crippen LogP contribution in [0.5, 0.6) is 0 Å². The molecule has 23 heavy (non-hydrogen) atoms. The molecule has 124 valence electrons. The van der Waals surface area contributed by atoms with Gasteiger partial charge in [-0.15, -0.1) is 11.3 Å². The Hall–Kier alpha value is -1.50. The molecule has 0 saturated heterocycles. The van der Waals surface area contributed by atoms with Gasteiger partial charge in [-0.05, 0) is 51.5 Å². The molecule has 1 aromatic carbocycles. The van der Waals surface area contributed by atoms with E-state index in [1.165, 1.54) is 0 Å². The highest BCUT2D eigenvalue weighted by Gasteiger charge is 2.04. The molecule has 0 spiro atoms. The average molecular weight is 350 g/mol. The smallest absolute Gasteiger partial charge is 0.170 e. The van der Waals surface area contributed by atoms with E-state index in [4.69, 9.17) is 17.0 Å². The van der Waals surface area contributed by atoms with E-state index >= 15 is 0 Å². The van der Waals surface area contributed by atoms with Crippen LogP contribution in [0.15, 0.2) is 29.6 Å². The number of aromatic nitrogens is 1. The van der Waals surface area contributed by atoms with Crippen molar-refractivity contribution in [3.63, 3.8) is 0 Å². The summed E-state index contributed by atoms with van der Waals surface area (Å²) >= 11 is 6.98. The highest BCUT2D eigenvalue weighted by Crippen LogP contribution is 2.24. The number of rotatable bonds is 7. The molecule has 2 rings (SSSR count). The third-order valence-corrected chi connectivity index (χ3v) is 4.11. The number of thiazole rings is 1. The van der Waals surface area contributed by atoms with Crippen LogP contribution in [-0.2, 0) is 4.74 Å². The molecule has 0 atom stereocenters. The van der Waals surface area contributed by atoms with E-state index in [0.717, 1.165) is 41.5 Å². The fraction of sp³-hybridized carbons (Fsp3) is 0.412. The van der Waals surface area contributed by atoms with Crippen LogP contribution in [-0.4, -0.2) is 29.4 Å². The van der Waals surface area contributed by atoms with E-state index in [0.29, 0.717) is 5.11 Å². The lowest BCUT2D eigenvalue weighted by Crippen LogP contribution is -2.29. The van der Waals surface area contributed by atoms with Gasteiger partial charge in [0.05, 0.1) is 16.8 Å². The first kappa shape index (κ1) is 17.8. The summed E-state index contributed by atoms with van der Waals surface area (Å²) in [5.41, 5.74) is 3.05. The summed E-state index contributed by atoms with van der Waals surface area (Å²) in [7, 11) is 0. The Morgan fingerprint density at radius 3 is 2.91 bits per heavy atom. The predicted octanol–water partition coefficient (Wildman–Crippen LogP) is 4.22. The van der Waals surface area contributed by atoms with Crippen LogP contribution >= 0.6 is 23.6 Å². The van der Waals surface area contributed by atoms with Gasteiger partial charge in [-0.2, -0.15) is 0 Å². The fourth-order valence-corrected chi connectivity index (χ4v) is 2.86. The number of nitrogens with zero attached hydrogens (tertiary/aromatic N) is 1. The maximum absolute atomic E-state index is 5.50. The Morgan fingerprint density at radius 1 is 1.39 bits per heavy atom. The second kappa shape index (κ2) is 8.96. The Bertz CT molecular complexity index is 640. The van der Waals surface area contributed by atoms with Gasteiger partial charge in [0.1, 0.15) is 0 Å². The SMILES string of the molecule is Cc1nc(-c2cccc(NC(=S)NCCCOC(C)C)c2)cs1. The summed E-state index contributed by atoms with van der Waals surface area (Å²) in [4.78, 5) is 4.51. The molecule has 2 aromatic rings. The van der Waals surface area contributed by atoms with E-state index < -0.39 is 0 Å². The first-order chi connectivity index (χ1) is 11.0. The van der Waals surface area contributed by atoms with Crippen LogP contribution in [0, 0.1) is 6.92 Å². The van der Waals surface area contributed by atoms with Gasteiger partial charge in [-0.3, -0.25) is 0 Å². The lowest BCUT2D eigenvalue weighted by atomic mass is 10.1. The van der Waals surface area contributed by atoms with Crippen molar-refractivity contribution in [1.29, 1.82) is 0 Å². The zero-order chi connectivity index (χ0) is 16.7. The number of thiocarbonyl (C=S) groups is 1. The van der Waals surface area contributed by atoms with Gasteiger partial charge in [-0.1, -0.05) is 12.1 Å². The molecule has 4 nitrogen and oxygen atoms in total. The minimum atomic E-state index is 0.275. The molecule has 0 unspecified atom stereocenters. The van der Waals surface area contributed by atoms with Gasteiger partial charge in [0.25, 0.3) is 0 Å². The standard InChI is InChI=1S/C17H23N3OS2/c1-12(2)21-9-5-8-18-17(22)20-15-7-4-6-14(10-15)16-11-23-13(3)19-16/h4,6-7,10-12H,5,8-9H2,1-3H3,(H2,18,20,22). The van der Waals surface area contributed by atoms with Gasteiger partial charge in [0, 0.05) is 29.8 Å². The molecule has 0 bridgehead atoms. The van der Waals surface area contributed by atoms with Gasteiger partial charge in [0.2, 0.25) is 0 Å². The van der Waals surface area contributed by atoms with Crippen molar-refractivity contribution in [2.24, 2.45) is 0 Å². The molecule has 0 saturated carbocycles. The van der Waals surface area contributed by atoms with E-state index in [2.05, 4.69) is 33.1 Å². The molecule has 2 N–H and O–H groups in total. The first-order valence-electron chi connectivity index (χ1n) is 7.73. The third-order valence-electron chi connectivity index (χ3n) is 3.09. The van der Waals surface area contributed by atoms with Crippen LogP contribution in [0.4, 0.5) is 5.69 Å². The number of aryl methyl sites for hydroxylation is 1. The predicted molar refractivity (Wildman–Crippen MR) is 102 cm³/mol. The van der Waals surface area contributed by atoms with Crippen molar-refractivity contribution in [2.75, 3.05) is 18.5 Å². The van der Waals surface area contributed by atoms with Gasteiger partial charge >= 0.3 is 0 Å². The Kier molecular flexibility index (Phi) is 6.95. The topological polar surface area (TPSA) is 46.2 Å². The number of nitrogens with one attached hydrogen (secondary N) is 2. The van der Waals surface area contributed by atoms with Gasteiger partial charge < -0.3 is 15.4 Å². The summed E-state index contributed by atoms with van der Waals surface area (Å²) in [5, 5.41) is 10.2. The molecule has 0 aliphatic carbocycles. The number of ether oxygens (including phenoxy) is 1. The maximum Gasteiger partial charge on any atom is 0.170 e. The molecule has 0 fully saturated rings. The van der Waals surface area contributed by atoms with E-state index in [9.17, 15) is 0 Å². The van der Waals surface area contributed by atoms with E-state index in [1.54, 1.807) is 11.3 Å². The minimum Gasteiger partial charge on any atom is -0.379 e. The van der Waals surface area contributed by atoms with Crippen LogP contribution in [0.3, 0.4) is 0 Å². The normalized spacial score (nSPS) is 10.8. The highest BCUT2D eigenvalue weighted by atomic mass is 32.1. The monoisotopic (exact) mass is 349 g/mol. The van der Waals surface area contributed by atoms with E-state index in [-0.39, 0.29) is 6.10 Å². The van der Waals surface area contributed by atoms with Crippen LogP contribution in [0.1, 0.15) is 25.3 Å². The van der Waals surface area contributed by atoms with Gasteiger partial charge in [-0.25, -0.2) is 4.98 Å². The molecular formula is C17H23N3OS2. The number of hydrogen-bond donors (Lipinski definition) is 2. The fourth-order valence-electron chi connectivity index (χ4n) is 2.02. The van der Waals surface area contributed by atoms with Crippen LogP contribution in [0.25, 0.3) is 11.3 Å². The van der Waals surface area contributed by atoms with Crippen molar-refractivity contribution in [3.05, 3.63) is 34.7 Å². The second-order valence-electron chi connectivity index (χ2n) is 5.49. The van der Waals surface area contributed by atoms with Crippen molar-refractivity contribution in [1.82, 2.24) is 10.3 Å². The molecule has 0 aliphatic rings. The molecule has 0 amide bonds. The Morgan fingerprint density at radius 2 is 2.22 bits per heavy atom. The summed E-state index contributed by atoms with van der Waals surface area (Å²) in [5.74, 6) is 0. The zero-order valence-corrected chi connectivity index (χ0v) is 15.4. The molecular weight excluding hydrogens is 326 g/mol. The average Bonchev–Trinajstić information content (AvgIpc) is 2.93. The van der Waals surface area contributed by atoms with Crippen molar-refractivity contribution >= 4 is 34.4 Å². The Labute approximate surface area is 147 Å². The molecule has 1 aromatic heterocycles. The van der Waals surface area contributed by atoms with Crippen molar-refractivity contribution < 1.29 is 4.74 Å². The largest absolute Gasteiger partial charge is 0.379 e. The van der Waals surface area contributed by atoms with Crippen molar-refractivity contribution in [2.45, 2.75) is 33.3 Å². The molecule has 1 heterocycles. The van der Waals surface area contributed by atoms with E-state index in [1.807, 2.05) is 32.9 Å². The number of anilines is 1. The van der Waals surface area contributed by atoms with Gasteiger partial charge in [0.15, 0.2) is 5.11 Å². The second-order valence-corrected chi connectivity index (χ2v) is 6.96. The lowest BCUT2D eigenvalue weighted by molar-refractivity contribution is 0.0777. The number of benzene rings is 1. The Balaban J connectivity index is 1.82. The minimum absolute atomic E-state index is 0.275. The lowest BCUT2D eigenvalue weighted by Gasteiger charge is -2.12. The maximum atomic E-state index is 5.50. The molecule has 6 heteroatoms. The number of hydrogen-bond acceptors (Lipinski definition) is 4. The third kappa shape index (κ3) is 6.25. The summed E-state index contributed by atoms with van der Waals surface area (Å²) in [6.45, 7) is 7.63. The molecule has 0 radical (unpaired) electrons. The van der Waals surface area contributed by atoms with Crippen molar-refractivity contribution in [3.8, 4) is 11.3 Å². The zero-order valence-electron chi connectivity index (χ0n) is 13.8. The molecule has 0 aliphatic heterocycles. The summed E-state index contributed by atoms with van der Waals surface area (Å²) in [6.07, 6.45) is 1.20. The summed E-state index contributed by atoms with van der Waals surface area (Å²) in [6, 6.07) is 8.12. The summed E-state index contributed by atoms with van der Waals surface area (Å²) < 4.78 is 5.50. The highest BCUT2D eigenvalue weighted by molar-refractivity contribution is 7.80.